The summed E-state index contributed by atoms with van der Waals surface area (Å²) in [4.78, 5) is 12.1. The Balaban J connectivity index is 1.54. The lowest BCUT2D eigenvalue weighted by Crippen LogP contribution is -2.27. The molecular weight excluding hydrogens is 304 g/mol. The number of amides is 1. The molecule has 0 aliphatic carbocycles. The number of nitrogens with zero attached hydrogens (tertiary/aromatic N) is 1. The van der Waals surface area contributed by atoms with Gasteiger partial charge in [-0.3, -0.25) is 4.79 Å². The first-order chi connectivity index (χ1) is 11.7. The van der Waals surface area contributed by atoms with E-state index in [1.54, 1.807) is 7.11 Å². The van der Waals surface area contributed by atoms with Crippen molar-refractivity contribution in [2.45, 2.75) is 19.8 Å². The van der Waals surface area contributed by atoms with Crippen molar-refractivity contribution in [1.29, 1.82) is 0 Å². The molecule has 0 fully saturated rings. The zero-order valence-electron chi connectivity index (χ0n) is 13.8. The number of nitrogens with one attached hydrogen (secondary N) is 1. The fourth-order valence-electron chi connectivity index (χ4n) is 2.58. The zero-order chi connectivity index (χ0) is 16.9. The number of hydrogen-bond donors (Lipinski definition) is 1. The minimum Gasteiger partial charge on any atom is -0.497 e. The molecule has 0 unspecified atom stereocenters. The van der Waals surface area contributed by atoms with Gasteiger partial charge in [-0.05, 0) is 43.2 Å². The van der Waals surface area contributed by atoms with Crippen LogP contribution in [-0.2, 0) is 17.6 Å². The van der Waals surface area contributed by atoms with Gasteiger partial charge in [-0.1, -0.05) is 28.9 Å². The summed E-state index contributed by atoms with van der Waals surface area (Å²) in [7, 11) is 1.64. The number of aryl methyl sites for hydroxylation is 1. The highest BCUT2D eigenvalue weighted by atomic mass is 16.5. The highest BCUT2D eigenvalue weighted by molar-refractivity contribution is 5.86. The van der Waals surface area contributed by atoms with E-state index in [1.165, 1.54) is 0 Å². The maximum absolute atomic E-state index is 12.1. The smallest absolute Gasteiger partial charge is 0.226 e. The Bertz CT molecular complexity index is 837. The van der Waals surface area contributed by atoms with Crippen LogP contribution in [0.25, 0.3) is 11.0 Å². The second-order valence-corrected chi connectivity index (χ2v) is 5.75. The first-order valence-electron chi connectivity index (χ1n) is 7.90. The van der Waals surface area contributed by atoms with Crippen LogP contribution in [0.5, 0.6) is 5.75 Å². The largest absolute Gasteiger partial charge is 0.497 e. The molecule has 124 valence electrons. The predicted molar refractivity (Wildman–Crippen MR) is 92.2 cm³/mol. The van der Waals surface area contributed by atoms with Gasteiger partial charge in [-0.2, -0.15) is 0 Å². The summed E-state index contributed by atoms with van der Waals surface area (Å²) in [5, 5.41) is 7.84. The molecule has 1 aromatic heterocycles. The maximum Gasteiger partial charge on any atom is 0.226 e. The number of ether oxygens (including phenoxy) is 1. The van der Waals surface area contributed by atoms with Gasteiger partial charge >= 0.3 is 0 Å². The fourth-order valence-corrected chi connectivity index (χ4v) is 2.58. The van der Waals surface area contributed by atoms with Crippen LogP contribution in [-0.4, -0.2) is 24.7 Å². The molecule has 3 rings (SSSR count). The summed E-state index contributed by atoms with van der Waals surface area (Å²) < 4.78 is 10.4. The third-order valence-electron chi connectivity index (χ3n) is 3.92. The standard InChI is InChI=1S/C19H20N2O3/c1-13-3-8-18-16(11-13)17(21-24-18)12-19(22)20-10-9-14-4-6-15(23-2)7-5-14/h3-8,11H,9-10,12H2,1-2H3,(H,20,22). The van der Waals surface area contributed by atoms with Crippen LogP contribution in [0.4, 0.5) is 0 Å². The second kappa shape index (κ2) is 7.17. The fraction of sp³-hybridized carbons (Fsp3) is 0.263. The number of hydrogen-bond acceptors (Lipinski definition) is 4. The predicted octanol–water partition coefficient (Wildman–Crippen LogP) is 3.05. The molecule has 24 heavy (non-hydrogen) atoms. The summed E-state index contributed by atoms with van der Waals surface area (Å²) in [6.45, 7) is 2.59. The average molecular weight is 324 g/mol. The Morgan fingerprint density at radius 2 is 2.00 bits per heavy atom. The minimum atomic E-state index is -0.0554. The number of methoxy groups -OCH3 is 1. The molecule has 0 aliphatic heterocycles. The number of carbonyl (C=O) groups is 1. The number of aromatic nitrogens is 1. The first kappa shape index (κ1) is 16.1. The van der Waals surface area contributed by atoms with E-state index in [4.69, 9.17) is 9.26 Å². The highest BCUT2D eigenvalue weighted by Crippen LogP contribution is 2.20. The zero-order valence-corrected chi connectivity index (χ0v) is 13.8. The van der Waals surface area contributed by atoms with Crippen molar-refractivity contribution in [2.24, 2.45) is 0 Å². The monoisotopic (exact) mass is 324 g/mol. The van der Waals surface area contributed by atoms with Crippen molar-refractivity contribution in [3.63, 3.8) is 0 Å². The molecule has 5 nitrogen and oxygen atoms in total. The third kappa shape index (κ3) is 3.74. The van der Waals surface area contributed by atoms with Crippen LogP contribution >= 0.6 is 0 Å². The van der Waals surface area contributed by atoms with Crippen molar-refractivity contribution < 1.29 is 14.1 Å². The third-order valence-corrected chi connectivity index (χ3v) is 3.92. The molecule has 0 saturated carbocycles. The van der Waals surface area contributed by atoms with Gasteiger partial charge in [-0.25, -0.2) is 0 Å². The van der Waals surface area contributed by atoms with Crippen molar-refractivity contribution >= 4 is 16.9 Å². The molecule has 0 bridgehead atoms. The van der Waals surface area contributed by atoms with E-state index >= 15 is 0 Å². The molecule has 1 N–H and O–H groups in total. The lowest BCUT2D eigenvalue weighted by molar-refractivity contribution is -0.120. The normalized spacial score (nSPS) is 10.8. The number of rotatable bonds is 6. The molecule has 0 atom stereocenters. The van der Waals surface area contributed by atoms with Crippen LogP contribution in [0.1, 0.15) is 16.8 Å². The molecule has 1 heterocycles. The molecule has 5 heteroatoms. The van der Waals surface area contributed by atoms with Gasteiger partial charge in [0.2, 0.25) is 5.91 Å². The molecular formula is C19H20N2O3. The van der Waals surface area contributed by atoms with E-state index in [9.17, 15) is 4.79 Å². The minimum absolute atomic E-state index is 0.0554. The Kier molecular flexibility index (Phi) is 4.79. The first-order valence-corrected chi connectivity index (χ1v) is 7.90. The van der Waals surface area contributed by atoms with Crippen LogP contribution in [0, 0.1) is 6.92 Å². The van der Waals surface area contributed by atoms with E-state index in [-0.39, 0.29) is 12.3 Å². The van der Waals surface area contributed by atoms with E-state index in [0.29, 0.717) is 17.8 Å². The van der Waals surface area contributed by atoms with Gasteiger partial charge in [0.15, 0.2) is 5.58 Å². The topological polar surface area (TPSA) is 64.4 Å². The van der Waals surface area contributed by atoms with Gasteiger partial charge < -0.3 is 14.6 Å². The molecule has 3 aromatic rings. The second-order valence-electron chi connectivity index (χ2n) is 5.75. The van der Waals surface area contributed by atoms with Crippen molar-refractivity contribution in [2.75, 3.05) is 13.7 Å². The molecule has 0 radical (unpaired) electrons. The van der Waals surface area contributed by atoms with E-state index in [0.717, 1.165) is 28.7 Å². The Labute approximate surface area is 140 Å². The number of fused-ring (bicyclic) bond motifs is 1. The van der Waals surface area contributed by atoms with Crippen molar-refractivity contribution in [3.05, 3.63) is 59.3 Å². The van der Waals surface area contributed by atoms with Gasteiger partial charge in [0.25, 0.3) is 0 Å². The Hall–Kier alpha value is -2.82. The van der Waals surface area contributed by atoms with Gasteiger partial charge in [0, 0.05) is 11.9 Å². The Morgan fingerprint density at radius 1 is 1.21 bits per heavy atom. The summed E-state index contributed by atoms with van der Waals surface area (Å²) in [5.41, 5.74) is 3.66. The van der Waals surface area contributed by atoms with Gasteiger partial charge in [0.1, 0.15) is 11.4 Å². The van der Waals surface area contributed by atoms with E-state index < -0.39 is 0 Å². The number of carbonyl (C=O) groups excluding carboxylic acids is 1. The van der Waals surface area contributed by atoms with E-state index in [1.807, 2.05) is 49.4 Å². The summed E-state index contributed by atoms with van der Waals surface area (Å²) in [6, 6.07) is 13.7. The van der Waals surface area contributed by atoms with Crippen LogP contribution in [0.15, 0.2) is 47.0 Å². The highest BCUT2D eigenvalue weighted by Gasteiger charge is 2.12. The maximum atomic E-state index is 12.1. The quantitative estimate of drug-likeness (QED) is 0.757. The lowest BCUT2D eigenvalue weighted by Gasteiger charge is -2.05. The summed E-state index contributed by atoms with van der Waals surface area (Å²) in [6.07, 6.45) is 0.994. The molecule has 0 spiro atoms. The molecule has 1 amide bonds. The molecule has 0 saturated heterocycles. The van der Waals surface area contributed by atoms with Crippen molar-refractivity contribution in [3.8, 4) is 5.75 Å². The van der Waals surface area contributed by atoms with Crippen LogP contribution < -0.4 is 10.1 Å². The van der Waals surface area contributed by atoms with Crippen LogP contribution in [0.3, 0.4) is 0 Å². The summed E-state index contributed by atoms with van der Waals surface area (Å²) >= 11 is 0. The Morgan fingerprint density at radius 3 is 2.75 bits per heavy atom. The molecule has 2 aromatic carbocycles. The van der Waals surface area contributed by atoms with Gasteiger partial charge in [0.05, 0.1) is 13.5 Å². The van der Waals surface area contributed by atoms with Crippen LogP contribution in [0.2, 0.25) is 0 Å². The van der Waals surface area contributed by atoms with Crippen molar-refractivity contribution in [1.82, 2.24) is 10.5 Å². The number of benzene rings is 2. The lowest BCUT2D eigenvalue weighted by atomic mass is 10.1. The van der Waals surface area contributed by atoms with E-state index in [2.05, 4.69) is 10.5 Å². The SMILES string of the molecule is COc1ccc(CCNC(=O)Cc2noc3ccc(C)cc23)cc1. The van der Waals surface area contributed by atoms with Gasteiger partial charge in [-0.15, -0.1) is 0 Å². The average Bonchev–Trinajstić information content (AvgIpc) is 2.97. The molecule has 0 aliphatic rings. The summed E-state index contributed by atoms with van der Waals surface area (Å²) in [5.74, 6) is 0.774.